The maximum atomic E-state index is 11.3. The molecule has 0 fully saturated rings. The van der Waals surface area contributed by atoms with E-state index in [1.54, 1.807) is 6.92 Å². The summed E-state index contributed by atoms with van der Waals surface area (Å²) in [5, 5.41) is 11.2. The highest BCUT2D eigenvalue weighted by Gasteiger charge is 2.21. The van der Waals surface area contributed by atoms with E-state index in [1.807, 2.05) is 0 Å². The van der Waals surface area contributed by atoms with Gasteiger partial charge in [0.2, 0.25) is 5.91 Å². The zero-order valence-corrected chi connectivity index (χ0v) is 9.72. The normalized spacial score (nSPS) is 14.5. The Morgan fingerprint density at radius 3 is 2.36 bits per heavy atom. The standard InChI is InChI=1S/C8H15NO3S2/c1-5(4-14)7(10)9-6(2-3-13)8(11)12/h5-6,13-14H,2-4H2,1H3,(H,9,10)(H,11,12)/t5?,6-/m1/s1. The lowest BCUT2D eigenvalue weighted by Gasteiger charge is -2.15. The first-order valence-corrected chi connectivity index (χ1v) is 5.54. The van der Waals surface area contributed by atoms with Crippen molar-refractivity contribution in [1.29, 1.82) is 0 Å². The molecule has 1 unspecified atom stereocenters. The second-order valence-electron chi connectivity index (χ2n) is 3.00. The number of carboxylic acid groups (broad SMARTS) is 1. The van der Waals surface area contributed by atoms with E-state index in [0.29, 0.717) is 17.9 Å². The van der Waals surface area contributed by atoms with Gasteiger partial charge in [-0.1, -0.05) is 6.92 Å². The maximum Gasteiger partial charge on any atom is 0.326 e. The number of aliphatic carboxylic acids is 1. The van der Waals surface area contributed by atoms with Crippen LogP contribution in [0.5, 0.6) is 0 Å². The van der Waals surface area contributed by atoms with E-state index in [0.717, 1.165) is 0 Å². The lowest BCUT2D eigenvalue weighted by molar-refractivity contribution is -0.142. The average molecular weight is 237 g/mol. The summed E-state index contributed by atoms with van der Waals surface area (Å²) in [5.41, 5.74) is 0. The van der Waals surface area contributed by atoms with Crippen molar-refractivity contribution in [3.63, 3.8) is 0 Å². The van der Waals surface area contributed by atoms with Gasteiger partial charge in [-0.2, -0.15) is 25.3 Å². The third-order valence-electron chi connectivity index (χ3n) is 1.75. The molecule has 0 saturated heterocycles. The van der Waals surface area contributed by atoms with Gasteiger partial charge in [-0.05, 0) is 12.2 Å². The number of carboxylic acids is 1. The Morgan fingerprint density at radius 1 is 1.43 bits per heavy atom. The van der Waals surface area contributed by atoms with Gasteiger partial charge in [0, 0.05) is 11.7 Å². The molecule has 0 aliphatic rings. The van der Waals surface area contributed by atoms with Crippen LogP contribution in [0.25, 0.3) is 0 Å². The van der Waals surface area contributed by atoms with Gasteiger partial charge in [-0.3, -0.25) is 4.79 Å². The molecule has 82 valence electrons. The van der Waals surface area contributed by atoms with Crippen LogP contribution < -0.4 is 5.32 Å². The molecule has 0 saturated carbocycles. The molecular weight excluding hydrogens is 222 g/mol. The number of thiol groups is 2. The summed E-state index contributed by atoms with van der Waals surface area (Å²) in [4.78, 5) is 22.0. The van der Waals surface area contributed by atoms with E-state index < -0.39 is 12.0 Å². The molecule has 0 aromatic carbocycles. The third-order valence-corrected chi connectivity index (χ3v) is 2.56. The third kappa shape index (κ3) is 4.76. The predicted octanol–water partition coefficient (Wildman–Crippen LogP) is 0.442. The molecule has 0 aliphatic carbocycles. The summed E-state index contributed by atoms with van der Waals surface area (Å²) in [6.45, 7) is 1.70. The van der Waals surface area contributed by atoms with E-state index in [4.69, 9.17) is 5.11 Å². The first-order chi connectivity index (χ1) is 6.52. The Labute approximate surface area is 94.3 Å². The molecule has 2 N–H and O–H groups in total. The van der Waals surface area contributed by atoms with Crippen LogP contribution in [-0.2, 0) is 9.59 Å². The van der Waals surface area contributed by atoms with Crippen molar-refractivity contribution >= 4 is 37.1 Å². The van der Waals surface area contributed by atoms with E-state index in [9.17, 15) is 9.59 Å². The van der Waals surface area contributed by atoms with Crippen LogP contribution in [0.2, 0.25) is 0 Å². The van der Waals surface area contributed by atoms with Gasteiger partial charge >= 0.3 is 5.97 Å². The number of hydrogen-bond acceptors (Lipinski definition) is 4. The number of nitrogens with one attached hydrogen (secondary N) is 1. The predicted molar refractivity (Wildman–Crippen MR) is 61.1 cm³/mol. The molecule has 4 nitrogen and oxygen atoms in total. The summed E-state index contributed by atoms with van der Waals surface area (Å²) >= 11 is 7.88. The second-order valence-corrected chi connectivity index (χ2v) is 3.81. The molecule has 0 rings (SSSR count). The smallest absolute Gasteiger partial charge is 0.326 e. The summed E-state index contributed by atoms with van der Waals surface area (Å²) in [7, 11) is 0. The fraction of sp³-hybridized carbons (Fsp3) is 0.750. The lowest BCUT2D eigenvalue weighted by atomic mass is 10.1. The summed E-state index contributed by atoms with van der Waals surface area (Å²) in [6, 6.07) is -0.845. The van der Waals surface area contributed by atoms with Gasteiger partial charge in [0.25, 0.3) is 0 Å². The Balaban J connectivity index is 4.15. The van der Waals surface area contributed by atoms with Crippen molar-refractivity contribution in [2.24, 2.45) is 5.92 Å². The summed E-state index contributed by atoms with van der Waals surface area (Å²) in [6.07, 6.45) is 0.323. The topological polar surface area (TPSA) is 66.4 Å². The summed E-state index contributed by atoms with van der Waals surface area (Å²) in [5.74, 6) is -0.765. The molecule has 0 radical (unpaired) electrons. The molecule has 0 spiro atoms. The molecule has 0 heterocycles. The minimum Gasteiger partial charge on any atom is -0.480 e. The molecule has 0 aliphatic heterocycles. The van der Waals surface area contributed by atoms with Crippen LogP contribution >= 0.6 is 25.3 Å². The molecular formula is C8H15NO3S2. The van der Waals surface area contributed by atoms with Crippen LogP contribution in [0.15, 0.2) is 0 Å². The van der Waals surface area contributed by atoms with Crippen molar-refractivity contribution < 1.29 is 14.7 Å². The maximum absolute atomic E-state index is 11.3. The molecule has 0 aromatic rings. The summed E-state index contributed by atoms with van der Waals surface area (Å²) < 4.78 is 0. The van der Waals surface area contributed by atoms with E-state index in [2.05, 4.69) is 30.6 Å². The Morgan fingerprint density at radius 2 is 2.00 bits per heavy atom. The quantitative estimate of drug-likeness (QED) is 0.507. The highest BCUT2D eigenvalue weighted by Crippen LogP contribution is 2.01. The van der Waals surface area contributed by atoms with E-state index >= 15 is 0 Å². The average Bonchev–Trinajstić information content (AvgIpc) is 2.15. The SMILES string of the molecule is CC(CS)C(=O)N[C@H](CCS)C(=O)O. The Bertz CT molecular complexity index is 211. The molecule has 0 aromatic heterocycles. The number of carbonyl (C=O) groups is 2. The zero-order chi connectivity index (χ0) is 11.1. The fourth-order valence-electron chi connectivity index (χ4n) is 0.783. The number of carbonyl (C=O) groups excluding carboxylic acids is 1. The molecule has 1 amide bonds. The van der Waals surface area contributed by atoms with E-state index in [-0.39, 0.29) is 11.8 Å². The van der Waals surface area contributed by atoms with Gasteiger partial charge in [0.05, 0.1) is 0 Å². The van der Waals surface area contributed by atoms with Crippen LogP contribution in [-0.4, -0.2) is 34.5 Å². The van der Waals surface area contributed by atoms with Crippen molar-refractivity contribution in [3.8, 4) is 0 Å². The minimum atomic E-state index is -1.03. The number of rotatable bonds is 6. The Hall–Kier alpha value is -0.360. The van der Waals surface area contributed by atoms with Gasteiger partial charge in [0.1, 0.15) is 6.04 Å². The van der Waals surface area contributed by atoms with Crippen molar-refractivity contribution in [3.05, 3.63) is 0 Å². The first-order valence-electron chi connectivity index (χ1n) is 4.27. The molecule has 2 atom stereocenters. The fourth-order valence-corrected chi connectivity index (χ4v) is 1.21. The monoisotopic (exact) mass is 237 g/mol. The highest BCUT2D eigenvalue weighted by molar-refractivity contribution is 7.80. The van der Waals surface area contributed by atoms with Crippen LogP contribution in [0.1, 0.15) is 13.3 Å². The van der Waals surface area contributed by atoms with Crippen LogP contribution in [0.3, 0.4) is 0 Å². The molecule has 0 bridgehead atoms. The van der Waals surface area contributed by atoms with Gasteiger partial charge < -0.3 is 10.4 Å². The minimum absolute atomic E-state index is 0.278. The number of amides is 1. The largest absolute Gasteiger partial charge is 0.480 e. The first kappa shape index (κ1) is 13.6. The van der Waals surface area contributed by atoms with Crippen LogP contribution in [0, 0.1) is 5.92 Å². The van der Waals surface area contributed by atoms with Gasteiger partial charge in [-0.15, -0.1) is 0 Å². The molecule has 14 heavy (non-hydrogen) atoms. The van der Waals surface area contributed by atoms with Crippen molar-refractivity contribution in [2.75, 3.05) is 11.5 Å². The Kier molecular flexibility index (Phi) is 6.82. The highest BCUT2D eigenvalue weighted by atomic mass is 32.1. The van der Waals surface area contributed by atoms with Gasteiger partial charge in [0.15, 0.2) is 0 Å². The zero-order valence-electron chi connectivity index (χ0n) is 7.93. The van der Waals surface area contributed by atoms with Gasteiger partial charge in [-0.25, -0.2) is 4.79 Å². The number of hydrogen-bond donors (Lipinski definition) is 4. The van der Waals surface area contributed by atoms with Crippen molar-refractivity contribution in [2.45, 2.75) is 19.4 Å². The van der Waals surface area contributed by atoms with Crippen molar-refractivity contribution in [1.82, 2.24) is 5.32 Å². The lowest BCUT2D eigenvalue weighted by Crippen LogP contribution is -2.43. The second kappa shape index (κ2) is 7.00. The van der Waals surface area contributed by atoms with Crippen LogP contribution in [0.4, 0.5) is 0 Å². The van der Waals surface area contributed by atoms with E-state index in [1.165, 1.54) is 0 Å². The molecule has 6 heteroatoms.